The minimum atomic E-state index is -0.322. The molecule has 108 valence electrons. The van der Waals surface area contributed by atoms with Crippen molar-refractivity contribution >= 4 is 5.91 Å². The highest BCUT2D eigenvalue weighted by atomic mass is 16.2. The van der Waals surface area contributed by atoms with E-state index in [-0.39, 0.29) is 11.9 Å². The first-order valence-electron chi connectivity index (χ1n) is 6.96. The molecule has 0 fully saturated rings. The van der Waals surface area contributed by atoms with Gasteiger partial charge in [-0.3, -0.25) is 4.79 Å². The van der Waals surface area contributed by atoms with Crippen LogP contribution in [0.1, 0.15) is 52.3 Å². The minimum Gasteiger partial charge on any atom is -0.354 e. The monoisotopic (exact) mass is 267 g/mol. The van der Waals surface area contributed by atoms with Crippen LogP contribution in [0.4, 0.5) is 0 Å². The number of aromatic nitrogens is 3. The zero-order chi connectivity index (χ0) is 14.3. The molecule has 0 aromatic carbocycles. The van der Waals surface area contributed by atoms with Gasteiger partial charge in [0.15, 0.2) is 0 Å². The van der Waals surface area contributed by atoms with Crippen molar-refractivity contribution in [2.45, 2.75) is 59.2 Å². The molecule has 0 aliphatic carbocycles. The van der Waals surface area contributed by atoms with Crippen LogP contribution in [0.15, 0.2) is 6.20 Å². The van der Waals surface area contributed by atoms with Crippen molar-refractivity contribution < 1.29 is 4.79 Å². The van der Waals surface area contributed by atoms with Gasteiger partial charge in [-0.1, -0.05) is 32.4 Å². The molecule has 1 aromatic rings. The predicted molar refractivity (Wildman–Crippen MR) is 74.6 cm³/mol. The van der Waals surface area contributed by atoms with Gasteiger partial charge in [-0.25, -0.2) is 4.68 Å². The van der Waals surface area contributed by atoms with E-state index in [0.29, 0.717) is 12.6 Å². The van der Waals surface area contributed by atoms with Gasteiger partial charge in [-0.15, -0.1) is 5.10 Å². The summed E-state index contributed by atoms with van der Waals surface area (Å²) in [7, 11) is 0. The number of nitrogens with one attached hydrogen (secondary N) is 2. The largest absolute Gasteiger partial charge is 0.354 e. The van der Waals surface area contributed by atoms with E-state index in [0.717, 1.165) is 25.1 Å². The maximum absolute atomic E-state index is 11.9. The maximum Gasteiger partial charge on any atom is 0.244 e. The van der Waals surface area contributed by atoms with Gasteiger partial charge in [0.2, 0.25) is 5.91 Å². The molecule has 1 aromatic heterocycles. The Hall–Kier alpha value is -1.43. The molecule has 1 amide bonds. The van der Waals surface area contributed by atoms with Crippen LogP contribution in [-0.4, -0.2) is 33.5 Å². The van der Waals surface area contributed by atoms with E-state index in [1.54, 1.807) is 4.68 Å². The van der Waals surface area contributed by atoms with Crippen molar-refractivity contribution in [3.8, 4) is 0 Å². The van der Waals surface area contributed by atoms with Gasteiger partial charge < -0.3 is 10.6 Å². The van der Waals surface area contributed by atoms with Crippen molar-refractivity contribution in [1.82, 2.24) is 25.6 Å². The molecule has 6 heteroatoms. The van der Waals surface area contributed by atoms with Crippen molar-refractivity contribution in [3.63, 3.8) is 0 Å². The van der Waals surface area contributed by atoms with Gasteiger partial charge in [0.05, 0.1) is 11.9 Å². The average molecular weight is 267 g/mol. The lowest BCUT2D eigenvalue weighted by molar-refractivity contribution is -0.124. The SMILES string of the molecule is CCCCNC(=O)C(C)n1cc(CNC(C)C)nn1. The number of nitrogens with zero attached hydrogens (tertiary/aromatic N) is 3. The molecule has 0 bridgehead atoms. The zero-order valence-electron chi connectivity index (χ0n) is 12.3. The van der Waals surface area contributed by atoms with Crippen molar-refractivity contribution in [2.24, 2.45) is 0 Å². The van der Waals surface area contributed by atoms with Crippen LogP contribution < -0.4 is 10.6 Å². The Bertz CT molecular complexity index is 388. The molecular formula is C13H25N5O. The number of hydrogen-bond donors (Lipinski definition) is 2. The minimum absolute atomic E-state index is 0.0123. The molecule has 0 saturated heterocycles. The van der Waals surface area contributed by atoms with Gasteiger partial charge in [0.1, 0.15) is 6.04 Å². The predicted octanol–water partition coefficient (Wildman–Crippen LogP) is 1.25. The summed E-state index contributed by atoms with van der Waals surface area (Å²) in [6, 6.07) is 0.0806. The molecule has 0 aliphatic heterocycles. The summed E-state index contributed by atoms with van der Waals surface area (Å²) in [6.45, 7) is 9.47. The molecule has 19 heavy (non-hydrogen) atoms. The summed E-state index contributed by atoms with van der Waals surface area (Å²) < 4.78 is 1.61. The van der Waals surface area contributed by atoms with Crippen molar-refractivity contribution in [2.75, 3.05) is 6.54 Å². The van der Waals surface area contributed by atoms with Crippen molar-refractivity contribution in [3.05, 3.63) is 11.9 Å². The highest BCUT2D eigenvalue weighted by Gasteiger charge is 2.16. The van der Waals surface area contributed by atoms with Gasteiger partial charge in [-0.05, 0) is 13.3 Å². The fraction of sp³-hybridized carbons (Fsp3) is 0.769. The molecule has 1 rings (SSSR count). The van der Waals surface area contributed by atoms with Crippen LogP contribution in [0.25, 0.3) is 0 Å². The second-order valence-electron chi connectivity index (χ2n) is 5.05. The van der Waals surface area contributed by atoms with Crippen LogP contribution in [0, 0.1) is 0 Å². The summed E-state index contributed by atoms with van der Waals surface area (Å²) in [5.41, 5.74) is 0.849. The summed E-state index contributed by atoms with van der Waals surface area (Å²) in [4.78, 5) is 11.9. The van der Waals surface area contributed by atoms with E-state index in [4.69, 9.17) is 0 Å². The van der Waals surface area contributed by atoms with Gasteiger partial charge in [-0.2, -0.15) is 0 Å². The number of carbonyl (C=O) groups excluding carboxylic acids is 1. The van der Waals surface area contributed by atoms with E-state index in [1.165, 1.54) is 0 Å². The van der Waals surface area contributed by atoms with Gasteiger partial charge >= 0.3 is 0 Å². The Morgan fingerprint density at radius 1 is 1.42 bits per heavy atom. The first-order chi connectivity index (χ1) is 9.04. The number of amides is 1. The number of unbranched alkanes of at least 4 members (excludes halogenated alkanes) is 1. The molecular weight excluding hydrogens is 242 g/mol. The Kier molecular flexibility index (Phi) is 6.49. The second kappa shape index (κ2) is 7.89. The molecule has 1 unspecified atom stereocenters. The quantitative estimate of drug-likeness (QED) is 0.695. The lowest BCUT2D eigenvalue weighted by Gasteiger charge is -2.11. The normalized spacial score (nSPS) is 12.7. The van der Waals surface area contributed by atoms with Crippen molar-refractivity contribution in [1.29, 1.82) is 0 Å². The van der Waals surface area contributed by atoms with E-state index >= 15 is 0 Å². The summed E-state index contributed by atoms with van der Waals surface area (Å²) >= 11 is 0. The third kappa shape index (κ3) is 5.38. The average Bonchev–Trinajstić information content (AvgIpc) is 2.84. The number of carbonyl (C=O) groups is 1. The summed E-state index contributed by atoms with van der Waals surface area (Å²) in [6.07, 6.45) is 3.89. The lowest BCUT2D eigenvalue weighted by atomic mass is 10.3. The molecule has 0 aliphatic rings. The highest BCUT2D eigenvalue weighted by Crippen LogP contribution is 2.05. The molecule has 2 N–H and O–H groups in total. The molecule has 0 spiro atoms. The maximum atomic E-state index is 11.9. The number of hydrogen-bond acceptors (Lipinski definition) is 4. The molecule has 0 saturated carbocycles. The molecule has 1 atom stereocenters. The Morgan fingerprint density at radius 2 is 2.16 bits per heavy atom. The fourth-order valence-electron chi connectivity index (χ4n) is 1.55. The Morgan fingerprint density at radius 3 is 2.79 bits per heavy atom. The zero-order valence-corrected chi connectivity index (χ0v) is 12.3. The lowest BCUT2D eigenvalue weighted by Crippen LogP contribution is -2.32. The first kappa shape index (κ1) is 15.6. The molecule has 1 heterocycles. The summed E-state index contributed by atoms with van der Waals surface area (Å²) in [5, 5.41) is 14.2. The van der Waals surface area contributed by atoms with Crippen LogP contribution in [0.5, 0.6) is 0 Å². The highest BCUT2D eigenvalue weighted by molar-refractivity contribution is 5.79. The third-order valence-electron chi connectivity index (χ3n) is 2.85. The molecule has 0 radical (unpaired) electrons. The van der Waals surface area contributed by atoms with E-state index in [9.17, 15) is 4.79 Å². The van der Waals surface area contributed by atoms with Gasteiger partial charge in [0.25, 0.3) is 0 Å². The topological polar surface area (TPSA) is 71.8 Å². The van der Waals surface area contributed by atoms with Gasteiger partial charge in [0, 0.05) is 19.1 Å². The second-order valence-corrected chi connectivity index (χ2v) is 5.05. The Balaban J connectivity index is 2.47. The fourth-order valence-corrected chi connectivity index (χ4v) is 1.55. The van der Waals surface area contributed by atoms with Crippen LogP contribution >= 0.6 is 0 Å². The van der Waals surface area contributed by atoms with Crippen LogP contribution in [0.3, 0.4) is 0 Å². The standard InChI is InChI=1S/C13H25N5O/c1-5-6-7-14-13(19)11(4)18-9-12(16-17-18)8-15-10(2)3/h9-11,15H,5-8H2,1-4H3,(H,14,19). The summed E-state index contributed by atoms with van der Waals surface area (Å²) in [5.74, 6) is -0.0123. The van der Waals surface area contributed by atoms with E-state index in [1.807, 2.05) is 13.1 Å². The molecule has 6 nitrogen and oxygen atoms in total. The van der Waals surface area contributed by atoms with E-state index in [2.05, 4.69) is 41.7 Å². The third-order valence-corrected chi connectivity index (χ3v) is 2.85. The van der Waals surface area contributed by atoms with Crippen LogP contribution in [0.2, 0.25) is 0 Å². The Labute approximate surface area is 115 Å². The number of rotatable bonds is 8. The van der Waals surface area contributed by atoms with Crippen LogP contribution in [-0.2, 0) is 11.3 Å². The van der Waals surface area contributed by atoms with E-state index < -0.39 is 0 Å². The smallest absolute Gasteiger partial charge is 0.244 e. The first-order valence-corrected chi connectivity index (χ1v) is 6.96.